The molecule has 0 bridgehead atoms. The molecule has 2 aliphatic heterocycles. The van der Waals surface area contributed by atoms with Crippen molar-refractivity contribution in [3.8, 4) is 0 Å². The SMILES string of the molecule is COCC1(S(=O)(=O)N2CCC3(C2)OCc2ccccc23)CC1. The molecule has 1 unspecified atom stereocenters. The molecule has 2 heterocycles. The summed E-state index contributed by atoms with van der Waals surface area (Å²) in [4.78, 5) is 0. The van der Waals surface area contributed by atoms with Crippen molar-refractivity contribution in [1.82, 2.24) is 4.31 Å². The standard InChI is InChI=1S/C16H21NO4S/c1-20-12-15(6-7-15)22(18,19)17-9-8-16(11-17)14-5-3-2-4-13(14)10-21-16/h2-5H,6-12H2,1H3. The van der Waals surface area contributed by atoms with Gasteiger partial charge in [-0.25, -0.2) is 8.42 Å². The third-order valence-corrected chi connectivity index (χ3v) is 7.92. The van der Waals surface area contributed by atoms with Crippen LogP contribution >= 0.6 is 0 Å². The van der Waals surface area contributed by atoms with Crippen LogP contribution in [0.5, 0.6) is 0 Å². The highest BCUT2D eigenvalue weighted by molar-refractivity contribution is 7.90. The van der Waals surface area contributed by atoms with Crippen LogP contribution in [0.4, 0.5) is 0 Å². The van der Waals surface area contributed by atoms with Crippen LogP contribution < -0.4 is 0 Å². The van der Waals surface area contributed by atoms with Crippen LogP contribution in [0.15, 0.2) is 24.3 Å². The van der Waals surface area contributed by atoms with Gasteiger partial charge in [0, 0.05) is 20.2 Å². The highest BCUT2D eigenvalue weighted by atomic mass is 32.2. The first-order valence-corrected chi connectivity index (χ1v) is 9.18. The molecule has 1 aromatic rings. The lowest BCUT2D eigenvalue weighted by Gasteiger charge is -2.27. The fourth-order valence-electron chi connectivity index (χ4n) is 3.83. The molecule has 0 amide bonds. The van der Waals surface area contributed by atoms with Crippen LogP contribution in [0.2, 0.25) is 0 Å². The molecule has 4 rings (SSSR count). The first-order valence-electron chi connectivity index (χ1n) is 7.74. The van der Waals surface area contributed by atoms with E-state index in [1.54, 1.807) is 11.4 Å². The molecule has 0 radical (unpaired) electrons. The predicted molar refractivity (Wildman–Crippen MR) is 81.9 cm³/mol. The zero-order chi connectivity index (χ0) is 15.4. The summed E-state index contributed by atoms with van der Waals surface area (Å²) in [5.41, 5.74) is 1.89. The quantitative estimate of drug-likeness (QED) is 0.845. The Hall–Kier alpha value is -0.950. The van der Waals surface area contributed by atoms with E-state index < -0.39 is 20.4 Å². The number of methoxy groups -OCH3 is 1. The highest BCUT2D eigenvalue weighted by Gasteiger charge is 2.60. The van der Waals surface area contributed by atoms with E-state index in [9.17, 15) is 8.42 Å². The van der Waals surface area contributed by atoms with Crippen LogP contribution in [0.1, 0.15) is 30.4 Å². The van der Waals surface area contributed by atoms with Crippen molar-refractivity contribution in [2.24, 2.45) is 0 Å². The molecule has 5 nitrogen and oxygen atoms in total. The molecular weight excluding hydrogens is 302 g/mol. The average molecular weight is 323 g/mol. The van der Waals surface area contributed by atoms with Gasteiger partial charge in [0.2, 0.25) is 10.0 Å². The molecule has 0 aromatic heterocycles. The Morgan fingerprint density at radius 1 is 1.27 bits per heavy atom. The third kappa shape index (κ3) is 1.91. The molecule has 1 aliphatic carbocycles. The zero-order valence-electron chi connectivity index (χ0n) is 12.7. The van der Waals surface area contributed by atoms with E-state index in [4.69, 9.17) is 9.47 Å². The summed E-state index contributed by atoms with van der Waals surface area (Å²) in [5.74, 6) is 0. The van der Waals surface area contributed by atoms with Gasteiger partial charge in [0.25, 0.3) is 0 Å². The largest absolute Gasteiger partial charge is 0.383 e. The second-order valence-corrected chi connectivity index (χ2v) is 8.98. The summed E-state index contributed by atoms with van der Waals surface area (Å²) < 4.78 is 38.0. The molecule has 6 heteroatoms. The van der Waals surface area contributed by atoms with Crippen molar-refractivity contribution in [1.29, 1.82) is 0 Å². The van der Waals surface area contributed by atoms with Gasteiger partial charge in [0.15, 0.2) is 0 Å². The number of hydrogen-bond donors (Lipinski definition) is 0. The van der Waals surface area contributed by atoms with Crippen LogP contribution in [-0.2, 0) is 31.7 Å². The second kappa shape index (κ2) is 4.77. The first kappa shape index (κ1) is 14.6. The van der Waals surface area contributed by atoms with Gasteiger partial charge in [0.05, 0.1) is 13.2 Å². The summed E-state index contributed by atoms with van der Waals surface area (Å²) in [6, 6.07) is 8.14. The molecule has 1 spiro atoms. The summed E-state index contributed by atoms with van der Waals surface area (Å²) >= 11 is 0. The normalized spacial score (nSPS) is 29.9. The van der Waals surface area contributed by atoms with Gasteiger partial charge in [-0.05, 0) is 30.4 Å². The molecule has 22 heavy (non-hydrogen) atoms. The van der Waals surface area contributed by atoms with Crippen molar-refractivity contribution in [3.63, 3.8) is 0 Å². The molecule has 0 N–H and O–H groups in total. The minimum absolute atomic E-state index is 0.288. The van der Waals surface area contributed by atoms with Gasteiger partial charge in [-0.3, -0.25) is 0 Å². The topological polar surface area (TPSA) is 55.8 Å². The maximum Gasteiger partial charge on any atom is 0.222 e. The maximum atomic E-state index is 12.9. The summed E-state index contributed by atoms with van der Waals surface area (Å²) in [6.45, 7) is 1.82. The lowest BCUT2D eigenvalue weighted by Crippen LogP contribution is -2.43. The predicted octanol–water partition coefficient (Wildman–Crippen LogP) is 1.63. The van der Waals surface area contributed by atoms with Crippen molar-refractivity contribution in [2.45, 2.75) is 36.2 Å². The van der Waals surface area contributed by atoms with E-state index >= 15 is 0 Å². The van der Waals surface area contributed by atoms with Crippen LogP contribution in [0, 0.1) is 0 Å². The second-order valence-electron chi connectivity index (χ2n) is 6.64. The summed E-state index contributed by atoms with van der Waals surface area (Å²) in [5, 5.41) is 0. The van der Waals surface area contributed by atoms with E-state index in [0.717, 1.165) is 12.0 Å². The van der Waals surface area contributed by atoms with E-state index in [-0.39, 0.29) is 6.61 Å². The highest BCUT2D eigenvalue weighted by Crippen LogP contribution is 2.50. The zero-order valence-corrected chi connectivity index (χ0v) is 13.6. The maximum absolute atomic E-state index is 12.9. The minimum Gasteiger partial charge on any atom is -0.383 e. The van der Waals surface area contributed by atoms with Gasteiger partial charge in [-0.1, -0.05) is 24.3 Å². The van der Waals surface area contributed by atoms with E-state index in [1.165, 1.54) is 5.56 Å². The minimum atomic E-state index is -3.33. The molecule has 3 aliphatic rings. The number of hydrogen-bond acceptors (Lipinski definition) is 4. The van der Waals surface area contributed by atoms with E-state index in [0.29, 0.717) is 32.5 Å². The first-order chi connectivity index (χ1) is 10.5. The molecule has 1 saturated heterocycles. The number of fused-ring (bicyclic) bond motifs is 2. The number of rotatable bonds is 4. The van der Waals surface area contributed by atoms with Gasteiger partial charge >= 0.3 is 0 Å². The summed E-state index contributed by atoms with van der Waals surface area (Å²) in [7, 11) is -1.76. The Morgan fingerprint density at radius 2 is 2.05 bits per heavy atom. The van der Waals surface area contributed by atoms with Crippen LogP contribution in [-0.4, -0.2) is 44.3 Å². The van der Waals surface area contributed by atoms with Crippen molar-refractivity contribution < 1.29 is 17.9 Å². The van der Waals surface area contributed by atoms with E-state index in [2.05, 4.69) is 12.1 Å². The molecule has 120 valence electrons. The van der Waals surface area contributed by atoms with Crippen LogP contribution in [0.25, 0.3) is 0 Å². The molecular formula is C16H21NO4S. The Balaban J connectivity index is 1.62. The average Bonchev–Trinajstić information content (AvgIpc) is 3.06. The number of nitrogens with zero attached hydrogens (tertiary/aromatic N) is 1. The van der Waals surface area contributed by atoms with Gasteiger partial charge < -0.3 is 9.47 Å². The Kier molecular flexibility index (Phi) is 3.17. The van der Waals surface area contributed by atoms with Gasteiger partial charge in [-0.15, -0.1) is 0 Å². The fraction of sp³-hybridized carbons (Fsp3) is 0.625. The Labute approximate surface area is 131 Å². The van der Waals surface area contributed by atoms with Gasteiger partial charge in [0.1, 0.15) is 10.3 Å². The van der Waals surface area contributed by atoms with E-state index in [1.807, 2.05) is 12.1 Å². The number of ether oxygens (including phenoxy) is 2. The molecule has 1 saturated carbocycles. The van der Waals surface area contributed by atoms with Crippen LogP contribution in [0.3, 0.4) is 0 Å². The number of sulfonamides is 1. The van der Waals surface area contributed by atoms with Crippen molar-refractivity contribution >= 4 is 10.0 Å². The lowest BCUT2D eigenvalue weighted by molar-refractivity contribution is -0.0256. The summed E-state index contributed by atoms with van der Waals surface area (Å²) in [6.07, 6.45) is 2.13. The van der Waals surface area contributed by atoms with Crippen molar-refractivity contribution in [2.75, 3.05) is 26.8 Å². The fourth-order valence-corrected chi connectivity index (χ4v) is 5.97. The molecule has 1 atom stereocenters. The van der Waals surface area contributed by atoms with Gasteiger partial charge in [-0.2, -0.15) is 4.31 Å². The monoisotopic (exact) mass is 323 g/mol. The Bertz CT molecular complexity index is 698. The third-order valence-electron chi connectivity index (χ3n) is 5.31. The van der Waals surface area contributed by atoms with Crippen molar-refractivity contribution in [3.05, 3.63) is 35.4 Å². The molecule has 1 aromatic carbocycles. The Morgan fingerprint density at radius 3 is 2.77 bits per heavy atom. The number of benzene rings is 1. The smallest absolute Gasteiger partial charge is 0.222 e. The lowest BCUT2D eigenvalue weighted by atomic mass is 9.92. The molecule has 2 fully saturated rings.